The quantitative estimate of drug-likeness (QED) is 0.526. The van der Waals surface area contributed by atoms with Crippen LogP contribution in [0.2, 0.25) is 0 Å². The fraction of sp³-hybridized carbons (Fsp3) is 0.0625. The summed E-state index contributed by atoms with van der Waals surface area (Å²) in [5, 5.41) is 10.8. The lowest BCUT2D eigenvalue weighted by molar-refractivity contribution is 0.478. The second kappa shape index (κ2) is 4.85. The minimum atomic E-state index is -0.724. The fourth-order valence-electron chi connectivity index (χ4n) is 2.77. The number of nitrogens with one attached hydrogen (secondary N) is 1. The summed E-state index contributed by atoms with van der Waals surface area (Å²) >= 11 is 0. The van der Waals surface area contributed by atoms with Gasteiger partial charge in [-0.1, -0.05) is 0 Å². The Hall–Kier alpha value is -3.29. The molecule has 0 amide bonds. The van der Waals surface area contributed by atoms with Gasteiger partial charge in [-0.3, -0.25) is 9.55 Å². The Morgan fingerprint density at radius 3 is 2.71 bits per heavy atom. The van der Waals surface area contributed by atoms with Crippen molar-refractivity contribution < 1.29 is 13.9 Å². The molecular formula is C16H10F2N4O2. The number of aromatic amines is 1. The predicted octanol–water partition coefficient (Wildman–Crippen LogP) is 2.46. The highest BCUT2D eigenvalue weighted by Gasteiger charge is 2.19. The van der Waals surface area contributed by atoms with Gasteiger partial charge in [-0.25, -0.2) is 14.2 Å². The summed E-state index contributed by atoms with van der Waals surface area (Å²) in [6, 6.07) is 3.54. The fourth-order valence-corrected chi connectivity index (χ4v) is 2.77. The van der Waals surface area contributed by atoms with E-state index in [1.165, 1.54) is 16.8 Å². The molecule has 3 heterocycles. The lowest BCUT2D eigenvalue weighted by Crippen LogP contribution is -2.11. The number of aromatic hydroxyl groups is 1. The van der Waals surface area contributed by atoms with Crippen LogP contribution in [0.4, 0.5) is 8.78 Å². The first-order chi connectivity index (χ1) is 11.5. The van der Waals surface area contributed by atoms with Crippen molar-refractivity contribution in [2.24, 2.45) is 7.05 Å². The van der Waals surface area contributed by atoms with E-state index in [1.54, 1.807) is 7.05 Å². The number of aryl methyl sites for hydroxylation is 1. The number of imidazole rings is 1. The third-order valence-corrected chi connectivity index (χ3v) is 3.98. The SMILES string of the molecule is Cn1c(=O)[nH]c2c3c(O)c(-c4ccc(F)nc4)c(F)cc3ncc21. The molecule has 0 spiro atoms. The number of rotatable bonds is 1. The minimum Gasteiger partial charge on any atom is -0.506 e. The van der Waals surface area contributed by atoms with Crippen molar-refractivity contribution in [1.29, 1.82) is 0 Å². The smallest absolute Gasteiger partial charge is 0.326 e. The third kappa shape index (κ3) is 1.89. The Kier molecular flexibility index (Phi) is 2.89. The molecule has 0 aliphatic heterocycles. The normalized spacial score (nSPS) is 11.5. The average Bonchev–Trinajstić information content (AvgIpc) is 2.83. The molecule has 0 unspecified atom stereocenters. The predicted molar refractivity (Wildman–Crippen MR) is 83.7 cm³/mol. The van der Waals surface area contributed by atoms with E-state index < -0.39 is 17.5 Å². The van der Waals surface area contributed by atoms with Gasteiger partial charge < -0.3 is 10.1 Å². The molecule has 24 heavy (non-hydrogen) atoms. The maximum atomic E-state index is 14.5. The summed E-state index contributed by atoms with van der Waals surface area (Å²) in [5.74, 6) is -1.83. The van der Waals surface area contributed by atoms with Gasteiger partial charge >= 0.3 is 5.69 Å². The highest BCUT2D eigenvalue weighted by Crippen LogP contribution is 2.39. The number of hydrogen-bond donors (Lipinski definition) is 2. The van der Waals surface area contributed by atoms with E-state index in [0.717, 1.165) is 18.3 Å². The Labute approximate surface area is 133 Å². The van der Waals surface area contributed by atoms with Crippen LogP contribution in [0.1, 0.15) is 0 Å². The van der Waals surface area contributed by atoms with Crippen LogP contribution < -0.4 is 5.69 Å². The van der Waals surface area contributed by atoms with Crippen molar-refractivity contribution in [2.45, 2.75) is 0 Å². The van der Waals surface area contributed by atoms with Gasteiger partial charge in [0.2, 0.25) is 5.95 Å². The van der Waals surface area contributed by atoms with Crippen LogP contribution in [0.15, 0.2) is 35.4 Å². The second-order valence-electron chi connectivity index (χ2n) is 5.35. The van der Waals surface area contributed by atoms with Crippen molar-refractivity contribution in [3.8, 4) is 16.9 Å². The number of pyridine rings is 2. The van der Waals surface area contributed by atoms with Crippen molar-refractivity contribution in [3.63, 3.8) is 0 Å². The first-order valence-electron chi connectivity index (χ1n) is 6.98. The van der Waals surface area contributed by atoms with Crippen LogP contribution in [0, 0.1) is 11.8 Å². The van der Waals surface area contributed by atoms with Crippen LogP contribution in [-0.4, -0.2) is 24.6 Å². The zero-order valence-electron chi connectivity index (χ0n) is 12.3. The van der Waals surface area contributed by atoms with Gasteiger partial charge in [0.1, 0.15) is 11.6 Å². The van der Waals surface area contributed by atoms with Crippen molar-refractivity contribution in [1.82, 2.24) is 19.5 Å². The molecule has 4 rings (SSSR count). The molecular weight excluding hydrogens is 318 g/mol. The van der Waals surface area contributed by atoms with E-state index in [9.17, 15) is 18.7 Å². The molecule has 4 aromatic rings. The van der Waals surface area contributed by atoms with Gasteiger partial charge in [-0.05, 0) is 12.1 Å². The van der Waals surface area contributed by atoms with Crippen molar-refractivity contribution in [3.05, 3.63) is 52.8 Å². The first-order valence-corrected chi connectivity index (χ1v) is 6.98. The molecule has 120 valence electrons. The van der Waals surface area contributed by atoms with Gasteiger partial charge in [0.05, 0.1) is 33.7 Å². The molecule has 0 saturated carbocycles. The summed E-state index contributed by atoms with van der Waals surface area (Å²) in [5.41, 5.74) is 0.711. The summed E-state index contributed by atoms with van der Waals surface area (Å²) in [4.78, 5) is 22.0. The molecule has 0 saturated heterocycles. The molecule has 1 aromatic carbocycles. The number of phenols is 1. The Balaban J connectivity index is 2.15. The van der Waals surface area contributed by atoms with Crippen LogP contribution in [0.3, 0.4) is 0 Å². The average molecular weight is 328 g/mol. The number of phenolic OH excluding ortho intramolecular Hbond substituents is 1. The molecule has 3 aromatic heterocycles. The summed E-state index contributed by atoms with van der Waals surface area (Å²) < 4.78 is 28.8. The van der Waals surface area contributed by atoms with Gasteiger partial charge in [0.15, 0.2) is 0 Å². The van der Waals surface area contributed by atoms with E-state index in [1.807, 2.05) is 0 Å². The number of fused-ring (bicyclic) bond motifs is 3. The Morgan fingerprint density at radius 1 is 1.21 bits per heavy atom. The summed E-state index contributed by atoms with van der Waals surface area (Å²) in [7, 11) is 1.56. The van der Waals surface area contributed by atoms with Gasteiger partial charge in [0, 0.05) is 24.9 Å². The number of benzene rings is 1. The van der Waals surface area contributed by atoms with Crippen molar-refractivity contribution in [2.75, 3.05) is 0 Å². The molecule has 0 radical (unpaired) electrons. The second-order valence-corrected chi connectivity index (χ2v) is 5.35. The van der Waals surface area contributed by atoms with E-state index in [-0.39, 0.29) is 27.7 Å². The van der Waals surface area contributed by atoms with Crippen LogP contribution >= 0.6 is 0 Å². The van der Waals surface area contributed by atoms with E-state index in [0.29, 0.717) is 11.0 Å². The minimum absolute atomic E-state index is 0.131. The Morgan fingerprint density at radius 2 is 2.00 bits per heavy atom. The number of halogens is 2. The first kappa shape index (κ1) is 14.3. The highest BCUT2D eigenvalue weighted by molar-refractivity contribution is 6.08. The van der Waals surface area contributed by atoms with Gasteiger partial charge in [-0.2, -0.15) is 4.39 Å². The largest absolute Gasteiger partial charge is 0.506 e. The highest BCUT2D eigenvalue weighted by atomic mass is 19.1. The molecule has 0 aliphatic rings. The Bertz CT molecular complexity index is 1160. The van der Waals surface area contributed by atoms with E-state index >= 15 is 0 Å². The van der Waals surface area contributed by atoms with Crippen molar-refractivity contribution >= 4 is 21.9 Å². The number of nitrogens with zero attached hydrogens (tertiary/aromatic N) is 3. The van der Waals surface area contributed by atoms with Crippen LogP contribution in [0.5, 0.6) is 5.75 Å². The summed E-state index contributed by atoms with van der Waals surface area (Å²) in [6.07, 6.45) is 2.55. The maximum Gasteiger partial charge on any atom is 0.326 e. The molecule has 6 nitrogen and oxygen atoms in total. The molecule has 0 fully saturated rings. The summed E-state index contributed by atoms with van der Waals surface area (Å²) in [6.45, 7) is 0. The zero-order valence-corrected chi connectivity index (χ0v) is 12.3. The van der Waals surface area contributed by atoms with E-state index in [4.69, 9.17) is 0 Å². The van der Waals surface area contributed by atoms with Crippen LogP contribution in [0.25, 0.3) is 33.1 Å². The van der Waals surface area contributed by atoms with Crippen LogP contribution in [-0.2, 0) is 7.05 Å². The zero-order chi connectivity index (χ0) is 17.0. The lowest BCUT2D eigenvalue weighted by atomic mass is 10.0. The van der Waals surface area contributed by atoms with Gasteiger partial charge in [-0.15, -0.1) is 0 Å². The maximum absolute atomic E-state index is 14.5. The number of aromatic nitrogens is 4. The lowest BCUT2D eigenvalue weighted by Gasteiger charge is -2.10. The van der Waals surface area contributed by atoms with E-state index in [2.05, 4.69) is 15.0 Å². The molecule has 2 N–H and O–H groups in total. The topological polar surface area (TPSA) is 83.8 Å². The van der Waals surface area contributed by atoms with Gasteiger partial charge in [0.25, 0.3) is 0 Å². The molecule has 0 atom stereocenters. The standard InChI is InChI=1S/C16H10F2N4O2/c1-22-10-6-19-9-4-8(17)12(7-2-3-11(18)20-5-7)15(23)13(9)14(10)21-16(22)24/h2-6,23H,1H3,(H,21,24). The monoisotopic (exact) mass is 328 g/mol. The molecule has 0 bridgehead atoms. The third-order valence-electron chi connectivity index (χ3n) is 3.98. The number of hydrogen-bond acceptors (Lipinski definition) is 4. The molecule has 8 heteroatoms. The molecule has 0 aliphatic carbocycles. The number of H-pyrrole nitrogens is 1.